The maximum atomic E-state index is 13.1. The maximum absolute atomic E-state index is 13.1. The number of tetrazole rings is 1. The Bertz CT molecular complexity index is 569. The molecule has 7 heteroatoms. The Morgan fingerprint density at radius 1 is 1.47 bits per heavy atom. The van der Waals surface area contributed by atoms with Gasteiger partial charge in [0, 0.05) is 12.1 Å². The Morgan fingerprint density at radius 3 is 3.05 bits per heavy atom. The second kappa shape index (κ2) is 6.03. The van der Waals surface area contributed by atoms with Crippen molar-refractivity contribution in [1.29, 1.82) is 0 Å². The molecule has 0 radical (unpaired) electrons. The average Bonchev–Trinajstić information content (AvgIpc) is 2.85. The minimum absolute atomic E-state index is 0.00230. The van der Waals surface area contributed by atoms with E-state index >= 15 is 0 Å². The highest BCUT2D eigenvalue weighted by Crippen LogP contribution is 2.14. The fraction of sp³-hybridized carbons (Fsp3) is 0.333. The molecule has 100 valence electrons. The van der Waals surface area contributed by atoms with E-state index < -0.39 is 0 Å². The number of hydrogen-bond acceptors (Lipinski definition) is 4. The van der Waals surface area contributed by atoms with Gasteiger partial charge in [0.2, 0.25) is 11.7 Å². The summed E-state index contributed by atoms with van der Waals surface area (Å²) in [5, 5.41) is 14.3. The zero-order chi connectivity index (χ0) is 13.7. The Hall–Kier alpha value is -2.31. The molecule has 0 aliphatic heterocycles. The van der Waals surface area contributed by atoms with E-state index in [9.17, 15) is 9.18 Å². The summed E-state index contributed by atoms with van der Waals surface area (Å²) in [7, 11) is 0. The van der Waals surface area contributed by atoms with Crippen molar-refractivity contribution in [1.82, 2.24) is 25.5 Å². The standard InChI is InChI=1S/C12H14FN5O/c1-2-6-14-11(19)8-18-16-12(15-17-18)9-4-3-5-10(13)7-9/h3-5,7H,2,6,8H2,1H3,(H,14,19). The van der Waals surface area contributed by atoms with Crippen LogP contribution in [0.25, 0.3) is 11.4 Å². The molecule has 2 rings (SSSR count). The first kappa shape index (κ1) is 13.1. The van der Waals surface area contributed by atoms with Gasteiger partial charge in [-0.1, -0.05) is 19.1 Å². The molecule has 0 bridgehead atoms. The Morgan fingerprint density at radius 2 is 2.32 bits per heavy atom. The second-order valence-corrected chi connectivity index (χ2v) is 4.00. The predicted molar refractivity (Wildman–Crippen MR) is 66.5 cm³/mol. The predicted octanol–water partition coefficient (Wildman–Crippen LogP) is 1.01. The van der Waals surface area contributed by atoms with Gasteiger partial charge in [0.25, 0.3) is 0 Å². The summed E-state index contributed by atoms with van der Waals surface area (Å²) in [5.41, 5.74) is 0.528. The number of rotatable bonds is 5. The molecule has 0 saturated heterocycles. The highest BCUT2D eigenvalue weighted by Gasteiger charge is 2.09. The van der Waals surface area contributed by atoms with Gasteiger partial charge in [-0.05, 0) is 23.8 Å². The minimum Gasteiger partial charge on any atom is -0.354 e. The first-order valence-electron chi connectivity index (χ1n) is 5.99. The molecule has 0 saturated carbocycles. The van der Waals surface area contributed by atoms with Gasteiger partial charge in [0.05, 0.1) is 0 Å². The molecule has 1 aromatic carbocycles. The van der Waals surface area contributed by atoms with Crippen LogP contribution in [0.4, 0.5) is 4.39 Å². The number of halogens is 1. The van der Waals surface area contributed by atoms with Crippen molar-refractivity contribution in [2.24, 2.45) is 0 Å². The van der Waals surface area contributed by atoms with Crippen molar-refractivity contribution in [3.05, 3.63) is 30.1 Å². The molecule has 1 aromatic heterocycles. The molecule has 1 heterocycles. The van der Waals surface area contributed by atoms with Gasteiger partial charge >= 0.3 is 0 Å². The van der Waals surface area contributed by atoms with E-state index in [-0.39, 0.29) is 18.3 Å². The normalized spacial score (nSPS) is 10.4. The van der Waals surface area contributed by atoms with E-state index in [1.165, 1.54) is 16.9 Å². The molecule has 2 aromatic rings. The number of hydrogen-bond donors (Lipinski definition) is 1. The summed E-state index contributed by atoms with van der Waals surface area (Å²) < 4.78 is 13.1. The summed E-state index contributed by atoms with van der Waals surface area (Å²) in [6, 6.07) is 5.91. The van der Waals surface area contributed by atoms with Gasteiger partial charge in [0.15, 0.2) is 0 Å². The molecule has 1 amide bonds. The monoisotopic (exact) mass is 263 g/mol. The van der Waals surface area contributed by atoms with Crippen molar-refractivity contribution >= 4 is 5.91 Å². The van der Waals surface area contributed by atoms with Crippen LogP contribution in [-0.4, -0.2) is 32.7 Å². The van der Waals surface area contributed by atoms with E-state index in [2.05, 4.69) is 20.7 Å². The molecule has 1 N–H and O–H groups in total. The fourth-order valence-electron chi connectivity index (χ4n) is 1.50. The smallest absolute Gasteiger partial charge is 0.243 e. The molecule has 0 aliphatic carbocycles. The third-order valence-corrected chi connectivity index (χ3v) is 2.39. The lowest BCUT2D eigenvalue weighted by Gasteiger charge is -2.01. The molecule has 0 spiro atoms. The van der Waals surface area contributed by atoms with E-state index in [4.69, 9.17) is 0 Å². The van der Waals surface area contributed by atoms with Crippen LogP contribution >= 0.6 is 0 Å². The third-order valence-electron chi connectivity index (χ3n) is 2.39. The van der Waals surface area contributed by atoms with E-state index in [1.807, 2.05) is 6.92 Å². The lowest BCUT2D eigenvalue weighted by Crippen LogP contribution is -2.29. The van der Waals surface area contributed by atoms with Crippen molar-refractivity contribution in [3.8, 4) is 11.4 Å². The van der Waals surface area contributed by atoms with E-state index in [0.717, 1.165) is 6.42 Å². The molecule has 0 fully saturated rings. The number of amides is 1. The quantitative estimate of drug-likeness (QED) is 0.873. The Kier molecular flexibility index (Phi) is 4.17. The second-order valence-electron chi connectivity index (χ2n) is 4.00. The van der Waals surface area contributed by atoms with Gasteiger partial charge in [-0.3, -0.25) is 4.79 Å². The summed E-state index contributed by atoms with van der Waals surface area (Å²) in [4.78, 5) is 12.7. The van der Waals surface area contributed by atoms with Crippen LogP contribution in [0.2, 0.25) is 0 Å². The lowest BCUT2D eigenvalue weighted by molar-refractivity contribution is -0.122. The van der Waals surface area contributed by atoms with E-state index in [1.54, 1.807) is 12.1 Å². The molecule has 0 unspecified atom stereocenters. The molecule has 0 atom stereocenters. The SMILES string of the molecule is CCCNC(=O)Cn1nnc(-c2cccc(F)c2)n1. The maximum Gasteiger partial charge on any atom is 0.243 e. The number of nitrogens with zero attached hydrogens (tertiary/aromatic N) is 4. The first-order valence-corrected chi connectivity index (χ1v) is 5.99. The van der Waals surface area contributed by atoms with Crippen LogP contribution < -0.4 is 5.32 Å². The zero-order valence-electron chi connectivity index (χ0n) is 10.5. The first-order chi connectivity index (χ1) is 9.19. The largest absolute Gasteiger partial charge is 0.354 e. The zero-order valence-corrected chi connectivity index (χ0v) is 10.5. The highest BCUT2D eigenvalue weighted by molar-refractivity contribution is 5.75. The number of benzene rings is 1. The molecule has 6 nitrogen and oxygen atoms in total. The van der Waals surface area contributed by atoms with Crippen molar-refractivity contribution in [2.45, 2.75) is 19.9 Å². The molecular weight excluding hydrogens is 249 g/mol. The van der Waals surface area contributed by atoms with Crippen LogP contribution in [0.1, 0.15) is 13.3 Å². The molecular formula is C12H14FN5O. The lowest BCUT2D eigenvalue weighted by atomic mass is 10.2. The average molecular weight is 263 g/mol. The summed E-state index contributed by atoms with van der Waals surface area (Å²) in [5.74, 6) is -0.248. The van der Waals surface area contributed by atoms with Crippen molar-refractivity contribution < 1.29 is 9.18 Å². The fourth-order valence-corrected chi connectivity index (χ4v) is 1.50. The van der Waals surface area contributed by atoms with Gasteiger partial charge in [0.1, 0.15) is 12.4 Å². The molecule has 19 heavy (non-hydrogen) atoms. The van der Waals surface area contributed by atoms with Crippen LogP contribution in [0, 0.1) is 5.82 Å². The topological polar surface area (TPSA) is 72.7 Å². The summed E-state index contributed by atoms with van der Waals surface area (Å²) >= 11 is 0. The highest BCUT2D eigenvalue weighted by atomic mass is 19.1. The van der Waals surface area contributed by atoms with Gasteiger partial charge in [-0.25, -0.2) is 4.39 Å². The van der Waals surface area contributed by atoms with Gasteiger partial charge in [-0.2, -0.15) is 4.80 Å². The number of carbonyl (C=O) groups excluding carboxylic acids is 1. The summed E-state index contributed by atoms with van der Waals surface area (Å²) in [6.07, 6.45) is 0.866. The van der Waals surface area contributed by atoms with E-state index in [0.29, 0.717) is 17.9 Å². The van der Waals surface area contributed by atoms with Crippen LogP contribution in [0.15, 0.2) is 24.3 Å². The van der Waals surface area contributed by atoms with Crippen LogP contribution in [0.5, 0.6) is 0 Å². The van der Waals surface area contributed by atoms with Crippen LogP contribution in [0.3, 0.4) is 0 Å². The third kappa shape index (κ3) is 3.57. The van der Waals surface area contributed by atoms with Gasteiger partial charge < -0.3 is 5.32 Å². The molecule has 0 aliphatic rings. The number of aromatic nitrogens is 4. The number of carbonyl (C=O) groups is 1. The minimum atomic E-state index is -0.366. The number of nitrogens with one attached hydrogen (secondary N) is 1. The Balaban J connectivity index is 2.05. The summed E-state index contributed by atoms with van der Waals surface area (Å²) in [6.45, 7) is 2.59. The van der Waals surface area contributed by atoms with Gasteiger partial charge in [-0.15, -0.1) is 10.2 Å². The van der Waals surface area contributed by atoms with Crippen molar-refractivity contribution in [2.75, 3.05) is 6.54 Å². The van der Waals surface area contributed by atoms with Crippen LogP contribution in [-0.2, 0) is 11.3 Å². The van der Waals surface area contributed by atoms with Crippen molar-refractivity contribution in [3.63, 3.8) is 0 Å². The Labute approximate surface area is 109 Å².